The molecule has 18 heavy (non-hydrogen) atoms. The van der Waals surface area contributed by atoms with E-state index in [9.17, 15) is 9.90 Å². The summed E-state index contributed by atoms with van der Waals surface area (Å²) in [5.41, 5.74) is 0.694. The molecule has 3 heteroatoms. The van der Waals surface area contributed by atoms with Crippen LogP contribution in [-0.2, 0) is 11.2 Å². The van der Waals surface area contributed by atoms with E-state index < -0.39 is 0 Å². The Bertz CT molecular complexity index is 492. The van der Waals surface area contributed by atoms with Crippen molar-refractivity contribution in [3.05, 3.63) is 60.2 Å². The molecular formula is C15H16O3. The van der Waals surface area contributed by atoms with Crippen LogP contribution < -0.4 is 0 Å². The predicted octanol–water partition coefficient (Wildman–Crippen LogP) is 2.92. The van der Waals surface area contributed by atoms with Gasteiger partial charge in [-0.05, 0) is 25.1 Å². The average Bonchev–Trinajstić information content (AvgIpc) is 2.33. The van der Waals surface area contributed by atoms with Crippen molar-refractivity contribution in [1.29, 1.82) is 0 Å². The first-order valence-corrected chi connectivity index (χ1v) is 5.60. The third-order valence-corrected chi connectivity index (χ3v) is 2.19. The monoisotopic (exact) mass is 244 g/mol. The average molecular weight is 244 g/mol. The van der Waals surface area contributed by atoms with Gasteiger partial charge in [0.05, 0.1) is 0 Å². The zero-order valence-electron chi connectivity index (χ0n) is 10.2. The van der Waals surface area contributed by atoms with E-state index >= 15 is 0 Å². The van der Waals surface area contributed by atoms with E-state index in [0.29, 0.717) is 17.7 Å². The van der Waals surface area contributed by atoms with E-state index in [2.05, 4.69) is 0 Å². The number of rotatable bonds is 2. The molecule has 2 aromatic carbocycles. The smallest absolute Gasteiger partial charge is 0.134 e. The fourth-order valence-electron chi connectivity index (χ4n) is 1.36. The van der Waals surface area contributed by atoms with E-state index in [1.54, 1.807) is 48.5 Å². The lowest BCUT2D eigenvalue weighted by atomic mass is 10.1. The molecule has 0 aliphatic carbocycles. The van der Waals surface area contributed by atoms with Crippen molar-refractivity contribution in [3.63, 3.8) is 0 Å². The first kappa shape index (κ1) is 13.8. The number of hydrogen-bond acceptors (Lipinski definition) is 3. The Morgan fingerprint density at radius 3 is 1.94 bits per heavy atom. The highest BCUT2D eigenvalue weighted by Crippen LogP contribution is 2.15. The second-order valence-corrected chi connectivity index (χ2v) is 3.84. The van der Waals surface area contributed by atoms with Crippen molar-refractivity contribution in [2.75, 3.05) is 0 Å². The van der Waals surface area contributed by atoms with Gasteiger partial charge in [-0.1, -0.05) is 36.4 Å². The van der Waals surface area contributed by atoms with Gasteiger partial charge in [0.1, 0.15) is 17.3 Å². The number of para-hydroxylation sites is 2. The number of carbonyl (C=O) groups is 1. The molecule has 2 rings (SSSR count). The molecule has 94 valence electrons. The fraction of sp³-hybridized carbons (Fsp3) is 0.133. The second kappa shape index (κ2) is 7.12. The fourth-order valence-corrected chi connectivity index (χ4v) is 1.36. The molecule has 0 saturated carbocycles. The number of aromatic hydroxyl groups is 2. The molecule has 0 aromatic heterocycles. The number of ketones is 1. The van der Waals surface area contributed by atoms with Crippen LogP contribution in [0.1, 0.15) is 12.5 Å². The van der Waals surface area contributed by atoms with Crippen LogP contribution in [0.4, 0.5) is 0 Å². The molecule has 0 bridgehead atoms. The van der Waals surface area contributed by atoms with Gasteiger partial charge >= 0.3 is 0 Å². The van der Waals surface area contributed by atoms with E-state index in [1.807, 2.05) is 6.07 Å². The number of phenols is 2. The predicted molar refractivity (Wildman–Crippen MR) is 70.6 cm³/mol. The largest absolute Gasteiger partial charge is 0.508 e. The van der Waals surface area contributed by atoms with Crippen molar-refractivity contribution in [1.82, 2.24) is 0 Å². The zero-order valence-corrected chi connectivity index (χ0v) is 10.2. The van der Waals surface area contributed by atoms with Gasteiger partial charge in [0.2, 0.25) is 0 Å². The quantitative estimate of drug-likeness (QED) is 0.854. The molecule has 3 nitrogen and oxygen atoms in total. The topological polar surface area (TPSA) is 57.5 Å². The van der Waals surface area contributed by atoms with Crippen molar-refractivity contribution >= 4 is 5.78 Å². The van der Waals surface area contributed by atoms with Crippen LogP contribution in [0.5, 0.6) is 11.5 Å². The minimum absolute atomic E-state index is 0.0616. The summed E-state index contributed by atoms with van der Waals surface area (Å²) in [4.78, 5) is 10.7. The third kappa shape index (κ3) is 5.16. The first-order valence-electron chi connectivity index (χ1n) is 5.60. The van der Waals surface area contributed by atoms with Crippen LogP contribution in [-0.4, -0.2) is 16.0 Å². The van der Waals surface area contributed by atoms with E-state index in [4.69, 9.17) is 5.11 Å². The summed E-state index contributed by atoms with van der Waals surface area (Å²) >= 11 is 0. The van der Waals surface area contributed by atoms with E-state index in [0.717, 1.165) is 0 Å². The second-order valence-electron chi connectivity index (χ2n) is 3.84. The summed E-state index contributed by atoms with van der Waals surface area (Å²) in [6.07, 6.45) is 0.312. The standard InChI is InChI=1S/C9H10O2.C6H6O/c1-7(10)6-8-4-2-3-5-9(8)11;7-6-4-2-1-3-5-6/h2-5,11H,6H2,1H3;1-5,7H. The number of carbonyl (C=O) groups excluding carboxylic acids is 1. The first-order chi connectivity index (χ1) is 8.59. The molecular weight excluding hydrogens is 228 g/mol. The Balaban J connectivity index is 0.000000199. The van der Waals surface area contributed by atoms with Crippen molar-refractivity contribution in [2.45, 2.75) is 13.3 Å². The summed E-state index contributed by atoms with van der Waals surface area (Å²) in [5.74, 6) is 0.580. The van der Waals surface area contributed by atoms with Gasteiger partial charge < -0.3 is 10.2 Å². The normalized spacial score (nSPS) is 9.17. The summed E-state index contributed by atoms with van der Waals surface area (Å²) < 4.78 is 0. The molecule has 2 aromatic rings. The molecule has 0 aliphatic heterocycles. The van der Waals surface area contributed by atoms with Crippen molar-refractivity contribution in [2.24, 2.45) is 0 Å². The highest BCUT2D eigenvalue weighted by atomic mass is 16.3. The zero-order chi connectivity index (χ0) is 13.4. The maximum Gasteiger partial charge on any atom is 0.134 e. The van der Waals surface area contributed by atoms with Gasteiger partial charge in [0.15, 0.2) is 0 Å². The SMILES string of the molecule is CC(=O)Cc1ccccc1O.Oc1ccccc1. The summed E-state index contributed by atoms with van der Waals surface area (Å²) in [6.45, 7) is 1.51. The number of benzene rings is 2. The Hall–Kier alpha value is -2.29. The molecule has 0 spiro atoms. The molecule has 0 radical (unpaired) electrons. The summed E-state index contributed by atoms with van der Waals surface area (Å²) in [6, 6.07) is 15.6. The van der Waals surface area contributed by atoms with Crippen LogP contribution in [0.25, 0.3) is 0 Å². The van der Waals surface area contributed by atoms with Crippen LogP contribution in [0, 0.1) is 0 Å². The van der Waals surface area contributed by atoms with Gasteiger partial charge in [-0.3, -0.25) is 4.79 Å². The van der Waals surface area contributed by atoms with Crippen LogP contribution in [0.2, 0.25) is 0 Å². The number of hydrogen-bond donors (Lipinski definition) is 2. The summed E-state index contributed by atoms with van der Waals surface area (Å²) in [7, 11) is 0. The number of phenolic OH excluding ortho intramolecular Hbond substituents is 2. The molecule has 0 fully saturated rings. The highest BCUT2D eigenvalue weighted by Gasteiger charge is 2.01. The minimum atomic E-state index is 0.0616. The molecule has 2 N–H and O–H groups in total. The molecule has 0 aliphatic rings. The number of Topliss-reactive ketones (excluding diaryl/α,β-unsaturated/α-hetero) is 1. The van der Waals surface area contributed by atoms with Crippen LogP contribution in [0.3, 0.4) is 0 Å². The van der Waals surface area contributed by atoms with Gasteiger partial charge in [0.25, 0.3) is 0 Å². The Labute approximate surface area is 106 Å². The lowest BCUT2D eigenvalue weighted by molar-refractivity contribution is -0.116. The van der Waals surface area contributed by atoms with E-state index in [-0.39, 0.29) is 11.5 Å². The third-order valence-electron chi connectivity index (χ3n) is 2.19. The van der Waals surface area contributed by atoms with Gasteiger partial charge in [-0.2, -0.15) is 0 Å². The van der Waals surface area contributed by atoms with Crippen molar-refractivity contribution < 1.29 is 15.0 Å². The minimum Gasteiger partial charge on any atom is -0.508 e. The lowest BCUT2D eigenvalue weighted by Crippen LogP contribution is -1.95. The Kier molecular flexibility index (Phi) is 5.45. The Morgan fingerprint density at radius 2 is 1.50 bits per heavy atom. The van der Waals surface area contributed by atoms with Crippen LogP contribution in [0.15, 0.2) is 54.6 Å². The maximum atomic E-state index is 10.7. The molecule has 0 heterocycles. The molecule has 0 unspecified atom stereocenters. The molecule has 0 atom stereocenters. The maximum absolute atomic E-state index is 10.7. The van der Waals surface area contributed by atoms with Crippen molar-refractivity contribution in [3.8, 4) is 11.5 Å². The lowest BCUT2D eigenvalue weighted by Gasteiger charge is -1.99. The van der Waals surface area contributed by atoms with Crippen LogP contribution >= 0.6 is 0 Å². The molecule has 0 saturated heterocycles. The highest BCUT2D eigenvalue weighted by molar-refractivity contribution is 5.78. The van der Waals surface area contributed by atoms with Gasteiger partial charge in [-0.15, -0.1) is 0 Å². The van der Waals surface area contributed by atoms with E-state index in [1.165, 1.54) is 6.92 Å². The van der Waals surface area contributed by atoms with Gasteiger partial charge in [-0.25, -0.2) is 0 Å². The summed E-state index contributed by atoms with van der Waals surface area (Å²) in [5, 5.41) is 17.8. The molecule has 0 amide bonds. The Morgan fingerprint density at radius 1 is 0.944 bits per heavy atom. The van der Waals surface area contributed by atoms with Gasteiger partial charge in [0, 0.05) is 12.0 Å².